The van der Waals surface area contributed by atoms with Crippen molar-refractivity contribution in [2.24, 2.45) is 0 Å². The van der Waals surface area contributed by atoms with E-state index in [0.29, 0.717) is 6.54 Å². The molecule has 0 spiro atoms. The largest absolute Gasteiger partial charge is 0.445 e. The van der Waals surface area contributed by atoms with Crippen molar-refractivity contribution in [3.8, 4) is 0 Å². The fourth-order valence-electron chi connectivity index (χ4n) is 1.58. The Kier molecular flexibility index (Phi) is 5.83. The Morgan fingerprint density at radius 1 is 1.26 bits per heavy atom. The van der Waals surface area contributed by atoms with Gasteiger partial charge in [-0.2, -0.15) is 0 Å². The van der Waals surface area contributed by atoms with Gasteiger partial charge in [0.05, 0.1) is 0 Å². The van der Waals surface area contributed by atoms with Gasteiger partial charge in [0.2, 0.25) is 0 Å². The van der Waals surface area contributed by atoms with Crippen LogP contribution in [0.3, 0.4) is 0 Å². The third-order valence-electron chi connectivity index (χ3n) is 2.39. The van der Waals surface area contributed by atoms with Gasteiger partial charge in [-0.25, -0.2) is 4.79 Å². The van der Waals surface area contributed by atoms with E-state index >= 15 is 0 Å². The molecule has 0 radical (unpaired) electrons. The first-order chi connectivity index (χ1) is 8.87. The summed E-state index contributed by atoms with van der Waals surface area (Å²) in [4.78, 5) is 11.5. The summed E-state index contributed by atoms with van der Waals surface area (Å²) in [6.45, 7) is 9.05. The Labute approximate surface area is 115 Å². The number of nitrogens with one attached hydrogen (secondary N) is 2. The Morgan fingerprint density at radius 2 is 1.89 bits per heavy atom. The van der Waals surface area contributed by atoms with Crippen molar-refractivity contribution in [3.63, 3.8) is 0 Å². The van der Waals surface area contributed by atoms with E-state index in [2.05, 4.69) is 22.8 Å². The quantitative estimate of drug-likeness (QED) is 0.859. The van der Waals surface area contributed by atoms with Gasteiger partial charge in [-0.1, -0.05) is 30.3 Å². The van der Waals surface area contributed by atoms with Gasteiger partial charge in [0.25, 0.3) is 0 Å². The molecular formula is C15H24N2O2. The van der Waals surface area contributed by atoms with Crippen molar-refractivity contribution in [1.82, 2.24) is 10.6 Å². The first-order valence-electron chi connectivity index (χ1n) is 6.60. The molecule has 0 unspecified atom stereocenters. The summed E-state index contributed by atoms with van der Waals surface area (Å²) >= 11 is 0. The summed E-state index contributed by atoms with van der Waals surface area (Å²) in [5.74, 6) is 0. The topological polar surface area (TPSA) is 50.4 Å². The second-order valence-electron chi connectivity index (χ2n) is 5.71. The minimum absolute atomic E-state index is 0.161. The lowest BCUT2D eigenvalue weighted by Crippen LogP contribution is -2.43. The minimum Gasteiger partial charge on any atom is -0.445 e. The molecule has 0 heterocycles. The molecule has 0 aliphatic carbocycles. The Bertz CT molecular complexity index is 385. The average molecular weight is 264 g/mol. The molecule has 1 rings (SSSR count). The molecule has 19 heavy (non-hydrogen) atoms. The van der Waals surface area contributed by atoms with E-state index in [0.717, 1.165) is 6.54 Å². The molecule has 0 aliphatic heterocycles. The number of amides is 1. The normalized spacial score (nSPS) is 12.8. The van der Waals surface area contributed by atoms with Crippen molar-refractivity contribution in [1.29, 1.82) is 0 Å². The van der Waals surface area contributed by atoms with Crippen LogP contribution in [0.1, 0.15) is 33.3 Å². The molecule has 2 N–H and O–H groups in total. The van der Waals surface area contributed by atoms with E-state index in [1.54, 1.807) is 0 Å². The molecule has 4 heteroatoms. The molecule has 1 aromatic carbocycles. The van der Waals surface area contributed by atoms with Gasteiger partial charge in [0.1, 0.15) is 6.10 Å². The summed E-state index contributed by atoms with van der Waals surface area (Å²) in [5.41, 5.74) is 0.947. The summed E-state index contributed by atoms with van der Waals surface area (Å²) in [6.07, 6.45) is -0.535. The lowest BCUT2D eigenvalue weighted by Gasteiger charge is -2.22. The third kappa shape index (κ3) is 7.47. The maximum Gasteiger partial charge on any atom is 0.407 e. The van der Waals surface area contributed by atoms with Gasteiger partial charge in [0, 0.05) is 18.6 Å². The van der Waals surface area contributed by atoms with E-state index in [4.69, 9.17) is 4.74 Å². The molecular weight excluding hydrogens is 240 g/mol. The number of rotatable bonds is 5. The predicted molar refractivity (Wildman–Crippen MR) is 77.0 cm³/mol. The smallest absolute Gasteiger partial charge is 0.407 e. The molecule has 106 valence electrons. The summed E-state index contributed by atoms with van der Waals surface area (Å²) in [7, 11) is 0. The number of ether oxygens (including phenoxy) is 1. The third-order valence-corrected chi connectivity index (χ3v) is 2.39. The highest BCUT2D eigenvalue weighted by molar-refractivity contribution is 5.68. The summed E-state index contributed by atoms with van der Waals surface area (Å²) in [5, 5.41) is 6.03. The monoisotopic (exact) mass is 264 g/mol. The number of carbonyl (C=O) groups excluding carboxylic acids is 1. The lowest BCUT2D eigenvalue weighted by molar-refractivity contribution is 0.0991. The van der Waals surface area contributed by atoms with Crippen molar-refractivity contribution >= 4 is 6.09 Å². The average Bonchev–Trinajstić information content (AvgIpc) is 2.27. The van der Waals surface area contributed by atoms with Crippen LogP contribution in [-0.2, 0) is 11.3 Å². The Balaban J connectivity index is 2.21. The van der Waals surface area contributed by atoms with E-state index in [9.17, 15) is 4.79 Å². The van der Waals surface area contributed by atoms with Gasteiger partial charge in [-0.05, 0) is 33.3 Å². The van der Waals surface area contributed by atoms with Crippen LogP contribution in [0.2, 0.25) is 0 Å². The van der Waals surface area contributed by atoms with Crippen LogP contribution in [-0.4, -0.2) is 24.3 Å². The van der Waals surface area contributed by atoms with Crippen LogP contribution in [0.4, 0.5) is 4.79 Å². The van der Waals surface area contributed by atoms with Crippen molar-refractivity contribution in [2.45, 2.75) is 45.9 Å². The van der Waals surface area contributed by atoms with Gasteiger partial charge in [0.15, 0.2) is 0 Å². The van der Waals surface area contributed by atoms with Crippen molar-refractivity contribution in [3.05, 3.63) is 35.9 Å². The first kappa shape index (κ1) is 15.5. The molecule has 0 aromatic heterocycles. The van der Waals surface area contributed by atoms with Gasteiger partial charge < -0.3 is 15.4 Å². The Hall–Kier alpha value is -1.55. The van der Waals surface area contributed by atoms with Gasteiger partial charge in [-0.15, -0.1) is 0 Å². The summed E-state index contributed by atoms with van der Waals surface area (Å²) in [6, 6.07) is 10.1. The SMILES string of the molecule is C[C@@H](CNCc1ccccc1)OC(=O)NC(C)(C)C. The molecule has 1 atom stereocenters. The van der Waals surface area contributed by atoms with Crippen LogP contribution in [0.15, 0.2) is 30.3 Å². The van der Waals surface area contributed by atoms with Crippen LogP contribution in [0.25, 0.3) is 0 Å². The summed E-state index contributed by atoms with van der Waals surface area (Å²) < 4.78 is 5.25. The zero-order valence-electron chi connectivity index (χ0n) is 12.2. The highest BCUT2D eigenvalue weighted by Gasteiger charge is 2.16. The number of hydrogen-bond acceptors (Lipinski definition) is 3. The second-order valence-corrected chi connectivity index (χ2v) is 5.71. The molecule has 1 aromatic rings. The molecule has 1 amide bonds. The number of alkyl carbamates (subject to hydrolysis) is 1. The fraction of sp³-hybridized carbons (Fsp3) is 0.533. The molecule has 0 fully saturated rings. The first-order valence-corrected chi connectivity index (χ1v) is 6.60. The van der Waals surface area contributed by atoms with Gasteiger partial charge in [-0.3, -0.25) is 0 Å². The predicted octanol–water partition coefficient (Wildman–Crippen LogP) is 2.69. The van der Waals surface area contributed by atoms with Crippen molar-refractivity contribution in [2.75, 3.05) is 6.54 Å². The van der Waals surface area contributed by atoms with E-state index in [-0.39, 0.29) is 17.7 Å². The molecule has 0 saturated heterocycles. The zero-order valence-corrected chi connectivity index (χ0v) is 12.2. The molecule has 0 bridgehead atoms. The Morgan fingerprint density at radius 3 is 2.47 bits per heavy atom. The van der Waals surface area contributed by atoms with Crippen molar-refractivity contribution < 1.29 is 9.53 Å². The van der Waals surface area contributed by atoms with Gasteiger partial charge >= 0.3 is 6.09 Å². The molecule has 4 nitrogen and oxygen atoms in total. The van der Waals surface area contributed by atoms with E-state index in [1.165, 1.54) is 5.56 Å². The number of hydrogen-bond donors (Lipinski definition) is 2. The standard InChI is InChI=1S/C15H24N2O2/c1-12(19-14(18)17-15(2,3)4)10-16-11-13-8-6-5-7-9-13/h5-9,12,16H,10-11H2,1-4H3,(H,17,18)/t12-/m0/s1. The van der Waals surface area contributed by atoms with E-state index in [1.807, 2.05) is 45.9 Å². The molecule has 0 saturated carbocycles. The maximum atomic E-state index is 11.5. The zero-order chi connectivity index (χ0) is 14.3. The lowest BCUT2D eigenvalue weighted by atomic mass is 10.1. The molecule has 0 aliphatic rings. The van der Waals surface area contributed by atoms with Crippen LogP contribution in [0, 0.1) is 0 Å². The highest BCUT2D eigenvalue weighted by atomic mass is 16.6. The van der Waals surface area contributed by atoms with Crippen LogP contribution >= 0.6 is 0 Å². The van der Waals surface area contributed by atoms with E-state index < -0.39 is 0 Å². The number of carbonyl (C=O) groups is 1. The van der Waals surface area contributed by atoms with Crippen LogP contribution in [0.5, 0.6) is 0 Å². The maximum absolute atomic E-state index is 11.5. The highest BCUT2D eigenvalue weighted by Crippen LogP contribution is 2.01. The van der Waals surface area contributed by atoms with Crippen LogP contribution < -0.4 is 10.6 Å². The fourth-order valence-corrected chi connectivity index (χ4v) is 1.58. The minimum atomic E-state index is -0.374. The number of benzene rings is 1. The second kappa shape index (κ2) is 7.14.